The van der Waals surface area contributed by atoms with Crippen LogP contribution in [0.3, 0.4) is 0 Å². The van der Waals surface area contributed by atoms with Crippen molar-refractivity contribution in [3.8, 4) is 5.75 Å². The van der Waals surface area contributed by atoms with Gasteiger partial charge >= 0.3 is 0 Å². The molecule has 1 N–H and O–H groups in total. The molecule has 1 amide bonds. The Balaban J connectivity index is 1.07. The monoisotopic (exact) mass is 447 g/mol. The molecule has 2 saturated heterocycles. The van der Waals surface area contributed by atoms with Crippen LogP contribution < -0.4 is 9.64 Å². The van der Waals surface area contributed by atoms with Crippen molar-refractivity contribution in [2.24, 2.45) is 5.92 Å². The van der Waals surface area contributed by atoms with E-state index in [4.69, 9.17) is 4.74 Å². The number of anilines is 1. The topological polar surface area (TPSA) is 64.7 Å². The number of ether oxygens (including phenoxy) is 1. The number of fused-ring (bicyclic) bond motifs is 1. The van der Waals surface area contributed by atoms with Gasteiger partial charge < -0.3 is 24.4 Å². The normalized spacial score (nSPS) is 18.1. The first-order chi connectivity index (χ1) is 16.2. The number of aromatic nitrogens is 2. The van der Waals surface area contributed by atoms with Crippen LogP contribution in [-0.4, -0.2) is 78.6 Å². The summed E-state index contributed by atoms with van der Waals surface area (Å²) in [5.41, 5.74) is 3.48. The van der Waals surface area contributed by atoms with Gasteiger partial charge in [-0.25, -0.2) is 4.98 Å². The molecule has 1 aromatic carbocycles. The third kappa shape index (κ3) is 4.83. The maximum Gasteiger partial charge on any atom is 0.225 e. The summed E-state index contributed by atoms with van der Waals surface area (Å²) < 4.78 is 5.25. The second-order valence-electron chi connectivity index (χ2n) is 9.09. The highest BCUT2D eigenvalue weighted by Crippen LogP contribution is 2.24. The Morgan fingerprint density at radius 2 is 1.82 bits per heavy atom. The molecule has 0 bridgehead atoms. The number of piperazine rings is 1. The Hall–Kier alpha value is -3.06. The lowest BCUT2D eigenvalue weighted by molar-refractivity contribution is -0.137. The predicted molar refractivity (Wildman–Crippen MR) is 131 cm³/mol. The Morgan fingerprint density at radius 1 is 1.06 bits per heavy atom. The summed E-state index contributed by atoms with van der Waals surface area (Å²) in [6.45, 7) is 6.42. The fourth-order valence-corrected chi connectivity index (χ4v) is 5.14. The Labute approximate surface area is 195 Å². The quantitative estimate of drug-likeness (QED) is 0.629. The van der Waals surface area contributed by atoms with E-state index >= 15 is 0 Å². The number of carbonyl (C=O) groups is 1. The van der Waals surface area contributed by atoms with E-state index in [1.54, 1.807) is 7.11 Å². The minimum atomic E-state index is 0.172. The number of benzene rings is 1. The molecule has 2 aliphatic rings. The number of nitrogens with zero attached hydrogens (tertiary/aromatic N) is 4. The van der Waals surface area contributed by atoms with Crippen LogP contribution in [0.25, 0.3) is 11.0 Å². The zero-order valence-corrected chi connectivity index (χ0v) is 19.4. The van der Waals surface area contributed by atoms with Crippen LogP contribution in [-0.2, 0) is 11.2 Å². The van der Waals surface area contributed by atoms with Crippen LogP contribution >= 0.6 is 0 Å². The van der Waals surface area contributed by atoms with Gasteiger partial charge in [0.05, 0.1) is 7.11 Å². The molecule has 2 aromatic heterocycles. The standard InChI is InChI=1S/C26H33N5O2/c1-33-23-6-4-22(5-7-23)30-15-17-31(18-16-30)26(32)20-8-12-29(13-9-20)14-10-21-19-28-25-24(21)3-2-11-27-25/h2-7,11,19-20H,8-10,12-18H2,1H3,(H,27,28). The van der Waals surface area contributed by atoms with E-state index < -0.39 is 0 Å². The van der Waals surface area contributed by atoms with E-state index in [-0.39, 0.29) is 5.92 Å². The third-order valence-electron chi connectivity index (χ3n) is 7.20. The van der Waals surface area contributed by atoms with Gasteiger partial charge in [-0.2, -0.15) is 0 Å². The molecule has 7 heteroatoms. The summed E-state index contributed by atoms with van der Waals surface area (Å²) in [4.78, 5) is 27.7. The fraction of sp³-hybridized carbons (Fsp3) is 0.462. The van der Waals surface area contributed by atoms with Crippen molar-refractivity contribution in [1.82, 2.24) is 19.8 Å². The number of carbonyl (C=O) groups excluding carboxylic acids is 1. The SMILES string of the molecule is COc1ccc(N2CCN(C(=O)C3CCN(CCc4c[nH]c5ncccc45)CC3)CC2)cc1. The summed E-state index contributed by atoms with van der Waals surface area (Å²) in [7, 11) is 1.69. The lowest BCUT2D eigenvalue weighted by Crippen LogP contribution is -2.51. The van der Waals surface area contributed by atoms with Crippen LogP contribution in [0.1, 0.15) is 18.4 Å². The number of hydrogen-bond donors (Lipinski definition) is 1. The Bertz CT molecular complexity index is 1060. The average molecular weight is 448 g/mol. The van der Waals surface area contributed by atoms with Crippen molar-refractivity contribution in [1.29, 1.82) is 0 Å². The number of H-pyrrole nitrogens is 1. The van der Waals surface area contributed by atoms with Crippen molar-refractivity contribution in [2.75, 3.05) is 57.8 Å². The first-order valence-electron chi connectivity index (χ1n) is 12.0. The van der Waals surface area contributed by atoms with E-state index in [2.05, 4.69) is 49.1 Å². The molecule has 0 spiro atoms. The summed E-state index contributed by atoms with van der Waals surface area (Å²) >= 11 is 0. The maximum absolute atomic E-state index is 13.1. The fourth-order valence-electron chi connectivity index (χ4n) is 5.14. The molecular formula is C26H33N5O2. The zero-order valence-electron chi connectivity index (χ0n) is 19.4. The number of piperidine rings is 1. The first kappa shape index (κ1) is 21.8. The number of amides is 1. The molecule has 0 radical (unpaired) electrons. The van der Waals surface area contributed by atoms with Crippen LogP contribution in [0, 0.1) is 5.92 Å². The van der Waals surface area contributed by atoms with Crippen molar-refractivity contribution >= 4 is 22.6 Å². The highest BCUT2D eigenvalue weighted by Gasteiger charge is 2.30. The van der Waals surface area contributed by atoms with Gasteiger partial charge in [-0.1, -0.05) is 0 Å². The van der Waals surface area contributed by atoms with Gasteiger partial charge in [-0.3, -0.25) is 4.79 Å². The highest BCUT2D eigenvalue weighted by atomic mass is 16.5. The van der Waals surface area contributed by atoms with Gasteiger partial charge in [0.25, 0.3) is 0 Å². The lowest BCUT2D eigenvalue weighted by Gasteiger charge is -2.39. The molecule has 4 heterocycles. The minimum Gasteiger partial charge on any atom is -0.497 e. The van der Waals surface area contributed by atoms with Gasteiger partial charge in [0, 0.05) is 62.1 Å². The number of pyridine rings is 1. The second kappa shape index (κ2) is 9.83. The van der Waals surface area contributed by atoms with E-state index in [1.807, 2.05) is 24.4 Å². The van der Waals surface area contributed by atoms with E-state index in [0.29, 0.717) is 5.91 Å². The summed E-state index contributed by atoms with van der Waals surface area (Å²) in [5, 5.41) is 1.22. The molecule has 0 atom stereocenters. The van der Waals surface area contributed by atoms with E-state index in [9.17, 15) is 4.79 Å². The number of nitrogens with one attached hydrogen (secondary N) is 1. The van der Waals surface area contributed by atoms with Gasteiger partial charge in [0.15, 0.2) is 0 Å². The van der Waals surface area contributed by atoms with Crippen LogP contribution in [0.5, 0.6) is 5.75 Å². The smallest absolute Gasteiger partial charge is 0.225 e. The number of likely N-dealkylation sites (tertiary alicyclic amines) is 1. The largest absolute Gasteiger partial charge is 0.497 e. The predicted octanol–water partition coefficient (Wildman–Crippen LogP) is 3.17. The number of rotatable bonds is 6. The van der Waals surface area contributed by atoms with Crippen molar-refractivity contribution < 1.29 is 9.53 Å². The zero-order chi connectivity index (χ0) is 22.6. The Morgan fingerprint density at radius 3 is 2.55 bits per heavy atom. The molecule has 33 heavy (non-hydrogen) atoms. The summed E-state index contributed by atoms with van der Waals surface area (Å²) in [6.07, 6.45) is 6.85. The third-order valence-corrected chi connectivity index (χ3v) is 7.20. The van der Waals surface area contributed by atoms with Gasteiger partial charge in [-0.15, -0.1) is 0 Å². The molecule has 0 saturated carbocycles. The van der Waals surface area contributed by atoms with Crippen LogP contribution in [0.2, 0.25) is 0 Å². The number of aromatic amines is 1. The molecule has 7 nitrogen and oxygen atoms in total. The number of methoxy groups -OCH3 is 1. The van der Waals surface area contributed by atoms with Gasteiger partial charge in [0.1, 0.15) is 11.4 Å². The second-order valence-corrected chi connectivity index (χ2v) is 9.09. The molecule has 2 aliphatic heterocycles. The average Bonchev–Trinajstić information content (AvgIpc) is 3.31. The molecule has 2 fully saturated rings. The number of hydrogen-bond acceptors (Lipinski definition) is 5. The molecular weight excluding hydrogens is 414 g/mol. The van der Waals surface area contributed by atoms with E-state index in [1.165, 1.54) is 16.6 Å². The van der Waals surface area contributed by atoms with Gasteiger partial charge in [0.2, 0.25) is 5.91 Å². The molecule has 0 aliphatic carbocycles. The lowest BCUT2D eigenvalue weighted by atomic mass is 9.94. The van der Waals surface area contributed by atoms with Gasteiger partial charge in [-0.05, 0) is 74.3 Å². The summed E-state index contributed by atoms with van der Waals surface area (Å²) in [6, 6.07) is 12.3. The molecule has 3 aromatic rings. The molecule has 5 rings (SSSR count). The highest BCUT2D eigenvalue weighted by molar-refractivity contribution is 5.80. The van der Waals surface area contributed by atoms with E-state index in [0.717, 1.165) is 76.5 Å². The van der Waals surface area contributed by atoms with Crippen LogP contribution in [0.4, 0.5) is 5.69 Å². The summed E-state index contributed by atoms with van der Waals surface area (Å²) in [5.74, 6) is 1.40. The molecule has 0 unspecified atom stereocenters. The van der Waals surface area contributed by atoms with Crippen molar-refractivity contribution in [3.63, 3.8) is 0 Å². The first-order valence-corrected chi connectivity index (χ1v) is 12.0. The minimum absolute atomic E-state index is 0.172. The van der Waals surface area contributed by atoms with Crippen molar-refractivity contribution in [3.05, 3.63) is 54.4 Å². The van der Waals surface area contributed by atoms with Crippen LogP contribution in [0.15, 0.2) is 48.8 Å². The maximum atomic E-state index is 13.1. The Kier molecular flexibility index (Phi) is 6.48. The molecule has 174 valence electrons. The van der Waals surface area contributed by atoms with Crippen molar-refractivity contribution in [2.45, 2.75) is 19.3 Å².